The highest BCUT2D eigenvalue weighted by molar-refractivity contribution is 7.95. The van der Waals surface area contributed by atoms with Gasteiger partial charge in [-0.15, -0.1) is 0 Å². The maximum atomic E-state index is 12.3. The molecule has 0 fully saturated rings. The van der Waals surface area contributed by atoms with E-state index >= 15 is 0 Å². The van der Waals surface area contributed by atoms with Crippen molar-refractivity contribution in [3.05, 3.63) is 58.0 Å². The van der Waals surface area contributed by atoms with Crippen molar-refractivity contribution in [2.75, 3.05) is 11.8 Å². The second kappa shape index (κ2) is 7.67. The molecule has 2 rings (SSSR count). The van der Waals surface area contributed by atoms with Gasteiger partial charge < -0.3 is 4.74 Å². The fraction of sp³-hybridized carbons (Fsp3) is 0.125. The molecule has 10 heteroatoms. The first-order valence-corrected chi connectivity index (χ1v) is 10.7. The van der Waals surface area contributed by atoms with Gasteiger partial charge in [0.2, 0.25) is 10.0 Å². The number of sulfonamides is 2. The number of hydrogen-bond acceptors (Lipinski definition) is 5. The molecule has 0 saturated heterocycles. The fourth-order valence-corrected chi connectivity index (χ4v) is 3.91. The minimum absolute atomic E-state index is 0.125. The average Bonchev–Trinajstić information content (AvgIpc) is 2.52. The summed E-state index contributed by atoms with van der Waals surface area (Å²) in [4.78, 5) is -0.316. The molecule has 0 spiro atoms. The molecule has 0 aromatic heterocycles. The first-order valence-electron chi connectivity index (χ1n) is 7.20. The molecule has 3 N–H and O–H groups in total. The van der Waals surface area contributed by atoms with Crippen LogP contribution in [0.4, 0.5) is 5.69 Å². The third-order valence-electron chi connectivity index (χ3n) is 3.32. The molecule has 2 aromatic carbocycles. The number of benzene rings is 2. The van der Waals surface area contributed by atoms with Crippen molar-refractivity contribution in [3.8, 4) is 5.75 Å². The summed E-state index contributed by atoms with van der Waals surface area (Å²) in [6.07, 6.45) is 1.31. The summed E-state index contributed by atoms with van der Waals surface area (Å²) in [5.41, 5.74) is 1.02. The first-order chi connectivity index (χ1) is 12.0. The van der Waals surface area contributed by atoms with Crippen molar-refractivity contribution in [2.45, 2.75) is 11.8 Å². The average molecular weight is 417 g/mol. The summed E-state index contributed by atoms with van der Waals surface area (Å²) in [5.74, 6) is 0.393. The van der Waals surface area contributed by atoms with Crippen LogP contribution in [0.1, 0.15) is 11.1 Å². The van der Waals surface area contributed by atoms with Crippen LogP contribution in [0.25, 0.3) is 6.08 Å². The standard InChI is InChI=1S/C16H17ClN2O5S2/c1-11-3-6-16(26(18,22)23)14(9-11)19-25(20,21)8-7-12-4-5-13(17)10-15(12)24-2/h3-10,19H,1-2H3,(H2,18,22,23). The molecule has 0 aliphatic carbocycles. The normalized spacial score (nSPS) is 12.3. The monoisotopic (exact) mass is 416 g/mol. The van der Waals surface area contributed by atoms with Gasteiger partial charge in [0.15, 0.2) is 0 Å². The quantitative estimate of drug-likeness (QED) is 0.751. The Labute approximate surface area is 157 Å². The van der Waals surface area contributed by atoms with Gasteiger partial charge in [0.25, 0.3) is 10.0 Å². The van der Waals surface area contributed by atoms with Crippen LogP contribution in [0.3, 0.4) is 0 Å². The van der Waals surface area contributed by atoms with Crippen LogP contribution in [0.2, 0.25) is 5.02 Å². The van der Waals surface area contributed by atoms with Gasteiger partial charge in [0, 0.05) is 10.6 Å². The zero-order chi connectivity index (χ0) is 19.5. The number of halogens is 1. The molecule has 7 nitrogen and oxygen atoms in total. The van der Waals surface area contributed by atoms with E-state index < -0.39 is 20.0 Å². The Morgan fingerprint density at radius 1 is 1.12 bits per heavy atom. The SMILES string of the molecule is COc1cc(Cl)ccc1C=CS(=O)(=O)Nc1cc(C)ccc1S(N)(=O)=O. The molecule has 140 valence electrons. The topological polar surface area (TPSA) is 116 Å². The van der Waals surface area contributed by atoms with Crippen molar-refractivity contribution in [3.63, 3.8) is 0 Å². The second-order valence-corrected chi connectivity index (χ2v) is 8.91. The molecule has 0 heterocycles. The lowest BCUT2D eigenvalue weighted by molar-refractivity contribution is 0.414. The van der Waals surface area contributed by atoms with Gasteiger partial charge in [0.1, 0.15) is 10.6 Å². The van der Waals surface area contributed by atoms with Crippen LogP contribution >= 0.6 is 11.6 Å². The zero-order valence-corrected chi connectivity index (χ0v) is 16.3. The predicted octanol–water partition coefficient (Wildman–Crippen LogP) is 2.72. The Morgan fingerprint density at radius 3 is 2.42 bits per heavy atom. The molecule has 0 bridgehead atoms. The van der Waals surface area contributed by atoms with Gasteiger partial charge in [-0.2, -0.15) is 0 Å². The number of methoxy groups -OCH3 is 1. The highest BCUT2D eigenvalue weighted by Gasteiger charge is 2.17. The van der Waals surface area contributed by atoms with E-state index in [1.165, 1.54) is 31.4 Å². The number of nitrogens with one attached hydrogen (secondary N) is 1. The molecule has 0 saturated carbocycles. The van der Waals surface area contributed by atoms with Gasteiger partial charge in [-0.3, -0.25) is 4.72 Å². The van der Waals surface area contributed by atoms with Gasteiger partial charge >= 0.3 is 0 Å². The lowest BCUT2D eigenvalue weighted by atomic mass is 10.2. The van der Waals surface area contributed by atoms with Crippen molar-refractivity contribution < 1.29 is 21.6 Å². The Bertz CT molecular complexity index is 1060. The van der Waals surface area contributed by atoms with Crippen molar-refractivity contribution >= 4 is 43.4 Å². The van der Waals surface area contributed by atoms with E-state index in [2.05, 4.69) is 4.72 Å². The number of hydrogen-bond donors (Lipinski definition) is 2. The lowest BCUT2D eigenvalue weighted by Crippen LogP contribution is -2.17. The Balaban J connectivity index is 2.38. The molecule has 0 unspecified atom stereocenters. The summed E-state index contributed by atoms with van der Waals surface area (Å²) in [7, 11) is -6.67. The van der Waals surface area contributed by atoms with E-state index in [4.69, 9.17) is 21.5 Å². The molecule has 2 aromatic rings. The fourth-order valence-electron chi connectivity index (χ4n) is 2.14. The van der Waals surface area contributed by atoms with Crippen LogP contribution in [0, 0.1) is 6.92 Å². The number of primary sulfonamides is 1. The molecular formula is C16H17ClN2O5S2. The first kappa shape index (κ1) is 20.2. The van der Waals surface area contributed by atoms with E-state index in [0.717, 1.165) is 5.41 Å². The van der Waals surface area contributed by atoms with Gasteiger partial charge in [-0.1, -0.05) is 17.7 Å². The molecule has 26 heavy (non-hydrogen) atoms. The van der Waals surface area contributed by atoms with Crippen LogP contribution in [0.5, 0.6) is 5.75 Å². The molecule has 0 atom stereocenters. The number of rotatable bonds is 6. The zero-order valence-electron chi connectivity index (χ0n) is 13.9. The third-order valence-corrected chi connectivity index (χ3v) is 5.52. The summed E-state index contributed by atoms with van der Waals surface area (Å²) in [6, 6.07) is 8.87. The van der Waals surface area contributed by atoms with E-state index in [9.17, 15) is 16.8 Å². The lowest BCUT2D eigenvalue weighted by Gasteiger charge is -2.10. The number of anilines is 1. The van der Waals surface area contributed by atoms with E-state index in [0.29, 0.717) is 21.9 Å². The smallest absolute Gasteiger partial charge is 0.255 e. The molecule has 0 aliphatic heterocycles. The van der Waals surface area contributed by atoms with E-state index in [-0.39, 0.29) is 10.6 Å². The Morgan fingerprint density at radius 2 is 1.81 bits per heavy atom. The minimum atomic E-state index is -4.09. The summed E-state index contributed by atoms with van der Waals surface area (Å²) in [5, 5.41) is 6.47. The maximum Gasteiger partial charge on any atom is 0.255 e. The maximum absolute atomic E-state index is 12.3. The number of nitrogens with two attached hydrogens (primary N) is 1. The van der Waals surface area contributed by atoms with Crippen LogP contribution in [-0.4, -0.2) is 23.9 Å². The van der Waals surface area contributed by atoms with E-state index in [1.807, 2.05) is 0 Å². The van der Waals surface area contributed by atoms with Crippen LogP contribution in [0.15, 0.2) is 46.7 Å². The molecule has 0 amide bonds. The molecular weight excluding hydrogens is 400 g/mol. The van der Waals surface area contributed by atoms with Gasteiger partial charge in [0.05, 0.1) is 18.2 Å². The van der Waals surface area contributed by atoms with Gasteiger partial charge in [-0.25, -0.2) is 22.0 Å². The highest BCUT2D eigenvalue weighted by Crippen LogP contribution is 2.26. The summed E-state index contributed by atoms with van der Waals surface area (Å²) < 4.78 is 55.3. The number of aryl methyl sites for hydroxylation is 1. The van der Waals surface area contributed by atoms with Crippen molar-refractivity contribution in [2.24, 2.45) is 5.14 Å². The van der Waals surface area contributed by atoms with Crippen LogP contribution < -0.4 is 14.6 Å². The number of ether oxygens (including phenoxy) is 1. The van der Waals surface area contributed by atoms with Crippen molar-refractivity contribution in [1.82, 2.24) is 0 Å². The second-order valence-electron chi connectivity index (χ2n) is 5.38. The minimum Gasteiger partial charge on any atom is -0.496 e. The largest absolute Gasteiger partial charge is 0.496 e. The third kappa shape index (κ3) is 5.21. The molecule has 0 radical (unpaired) electrons. The highest BCUT2D eigenvalue weighted by atomic mass is 35.5. The molecule has 0 aliphatic rings. The van der Waals surface area contributed by atoms with Crippen molar-refractivity contribution in [1.29, 1.82) is 0 Å². The van der Waals surface area contributed by atoms with E-state index in [1.54, 1.807) is 25.1 Å². The summed E-state index contributed by atoms with van der Waals surface area (Å²) >= 11 is 5.86. The van der Waals surface area contributed by atoms with Gasteiger partial charge in [-0.05, 0) is 48.9 Å². The predicted molar refractivity (Wildman–Crippen MR) is 102 cm³/mol. The Hall–Kier alpha value is -2.07. The Kier molecular flexibility index (Phi) is 5.97. The van der Waals surface area contributed by atoms with Crippen LogP contribution in [-0.2, 0) is 20.0 Å². The summed E-state index contributed by atoms with van der Waals surface area (Å²) in [6.45, 7) is 1.69.